The molecule has 0 unspecified atom stereocenters. The number of rotatable bonds is 6. The fraction of sp³-hybridized carbons (Fsp3) is 0.462. The number of hydrogen-bond donors (Lipinski definition) is 2. The molecule has 0 radical (unpaired) electrons. The van der Waals surface area contributed by atoms with Crippen molar-refractivity contribution in [2.24, 2.45) is 5.73 Å². The number of halogens is 1. The summed E-state index contributed by atoms with van der Waals surface area (Å²) >= 11 is 0. The van der Waals surface area contributed by atoms with Crippen molar-refractivity contribution >= 4 is 11.6 Å². The summed E-state index contributed by atoms with van der Waals surface area (Å²) in [5.41, 5.74) is 6.53. The van der Waals surface area contributed by atoms with E-state index in [4.69, 9.17) is 5.73 Å². The first-order valence-corrected chi connectivity index (χ1v) is 5.89. The molecule has 0 atom stereocenters. The molecule has 0 aliphatic heterocycles. The van der Waals surface area contributed by atoms with Crippen LogP contribution in [0.3, 0.4) is 0 Å². The Bertz CT molecular complexity index is 380. The molecule has 0 aromatic heterocycles. The number of hydrogen-bond acceptors (Lipinski definition) is 2. The van der Waals surface area contributed by atoms with E-state index in [-0.39, 0.29) is 11.6 Å². The Morgan fingerprint density at radius 2 is 2.12 bits per heavy atom. The molecule has 0 saturated carbocycles. The Labute approximate surface area is 101 Å². The lowest BCUT2D eigenvalue weighted by Crippen LogP contribution is -2.12. The van der Waals surface area contributed by atoms with Crippen LogP contribution >= 0.6 is 0 Å². The van der Waals surface area contributed by atoms with Crippen molar-refractivity contribution in [2.75, 3.05) is 11.9 Å². The molecule has 3 nitrogen and oxygen atoms in total. The molecule has 0 aliphatic carbocycles. The first-order valence-electron chi connectivity index (χ1n) is 5.89. The lowest BCUT2D eigenvalue weighted by Gasteiger charge is -2.07. The predicted octanol–water partition coefficient (Wildman–Crippen LogP) is 2.59. The van der Waals surface area contributed by atoms with E-state index in [1.807, 2.05) is 6.92 Å². The van der Waals surface area contributed by atoms with Crippen LogP contribution in [0, 0.1) is 12.7 Å². The summed E-state index contributed by atoms with van der Waals surface area (Å²) in [6.45, 7) is 2.50. The molecule has 0 fully saturated rings. The van der Waals surface area contributed by atoms with Gasteiger partial charge in [-0.2, -0.15) is 0 Å². The minimum Gasteiger partial charge on any atom is -0.330 e. The van der Waals surface area contributed by atoms with Gasteiger partial charge in [0.05, 0.1) is 5.69 Å². The average molecular weight is 238 g/mol. The number of aryl methyl sites for hydroxylation is 1. The van der Waals surface area contributed by atoms with Crippen molar-refractivity contribution in [1.82, 2.24) is 0 Å². The molecular weight excluding hydrogens is 219 g/mol. The predicted molar refractivity (Wildman–Crippen MR) is 67.3 cm³/mol. The summed E-state index contributed by atoms with van der Waals surface area (Å²) in [4.78, 5) is 11.5. The summed E-state index contributed by atoms with van der Waals surface area (Å²) in [6.07, 6.45) is 3.05. The van der Waals surface area contributed by atoms with Gasteiger partial charge in [0, 0.05) is 6.42 Å². The van der Waals surface area contributed by atoms with Crippen LogP contribution in [0.4, 0.5) is 10.1 Å². The number of benzene rings is 1. The molecule has 3 N–H and O–H groups in total. The van der Waals surface area contributed by atoms with Gasteiger partial charge in [-0.3, -0.25) is 4.79 Å². The Kier molecular flexibility index (Phi) is 5.63. The minimum absolute atomic E-state index is 0.147. The monoisotopic (exact) mass is 238 g/mol. The van der Waals surface area contributed by atoms with E-state index < -0.39 is 5.82 Å². The second-order valence-corrected chi connectivity index (χ2v) is 4.13. The van der Waals surface area contributed by atoms with E-state index in [1.165, 1.54) is 6.07 Å². The second kappa shape index (κ2) is 7.01. The largest absolute Gasteiger partial charge is 0.330 e. The molecule has 0 bridgehead atoms. The highest BCUT2D eigenvalue weighted by molar-refractivity contribution is 5.90. The lowest BCUT2D eigenvalue weighted by atomic mass is 10.1. The number of amides is 1. The maximum Gasteiger partial charge on any atom is 0.224 e. The van der Waals surface area contributed by atoms with Gasteiger partial charge in [0.25, 0.3) is 0 Å². The van der Waals surface area contributed by atoms with Crippen molar-refractivity contribution in [3.05, 3.63) is 29.6 Å². The molecule has 0 heterocycles. The van der Waals surface area contributed by atoms with Gasteiger partial charge in [-0.15, -0.1) is 0 Å². The Morgan fingerprint density at radius 3 is 2.82 bits per heavy atom. The van der Waals surface area contributed by atoms with Gasteiger partial charge in [0.15, 0.2) is 0 Å². The van der Waals surface area contributed by atoms with E-state index in [0.717, 1.165) is 24.8 Å². The first kappa shape index (κ1) is 13.6. The Hall–Kier alpha value is -1.42. The van der Waals surface area contributed by atoms with E-state index in [1.54, 1.807) is 12.1 Å². The number of anilines is 1. The number of carbonyl (C=O) groups excluding carboxylic acids is 1. The zero-order chi connectivity index (χ0) is 12.7. The quantitative estimate of drug-likeness (QED) is 0.748. The third-order valence-electron chi connectivity index (χ3n) is 2.50. The summed E-state index contributed by atoms with van der Waals surface area (Å²) in [6, 6.07) is 4.67. The molecule has 0 aliphatic rings. The molecule has 0 spiro atoms. The fourth-order valence-electron chi connectivity index (χ4n) is 1.55. The molecule has 1 amide bonds. The highest BCUT2D eigenvalue weighted by Crippen LogP contribution is 2.16. The van der Waals surface area contributed by atoms with Gasteiger partial charge in [-0.1, -0.05) is 12.5 Å². The van der Waals surface area contributed by atoms with Crippen LogP contribution in [0.25, 0.3) is 0 Å². The van der Waals surface area contributed by atoms with Crippen LogP contribution in [-0.2, 0) is 4.79 Å². The fourth-order valence-corrected chi connectivity index (χ4v) is 1.55. The molecule has 1 aromatic rings. The number of nitrogens with two attached hydrogens (primary N) is 1. The normalized spacial score (nSPS) is 10.3. The van der Waals surface area contributed by atoms with Crippen molar-refractivity contribution in [2.45, 2.75) is 32.6 Å². The standard InChI is InChI=1S/C13H19FN2O/c1-10-6-7-11(14)12(9-10)16-13(17)5-3-2-4-8-15/h6-7,9H,2-5,8,15H2,1H3,(H,16,17). The zero-order valence-corrected chi connectivity index (χ0v) is 10.1. The second-order valence-electron chi connectivity index (χ2n) is 4.13. The maximum absolute atomic E-state index is 13.3. The van der Waals surface area contributed by atoms with Crippen molar-refractivity contribution in [1.29, 1.82) is 0 Å². The van der Waals surface area contributed by atoms with Gasteiger partial charge >= 0.3 is 0 Å². The van der Waals surface area contributed by atoms with Gasteiger partial charge in [-0.25, -0.2) is 4.39 Å². The zero-order valence-electron chi connectivity index (χ0n) is 10.1. The third-order valence-corrected chi connectivity index (χ3v) is 2.50. The van der Waals surface area contributed by atoms with Crippen molar-refractivity contribution < 1.29 is 9.18 Å². The van der Waals surface area contributed by atoms with Gasteiger partial charge in [0.1, 0.15) is 5.82 Å². The summed E-state index contributed by atoms with van der Waals surface area (Å²) in [5.74, 6) is -0.544. The van der Waals surface area contributed by atoms with Gasteiger partial charge in [0.2, 0.25) is 5.91 Å². The van der Waals surface area contributed by atoms with Gasteiger partial charge in [-0.05, 0) is 44.0 Å². The molecule has 4 heteroatoms. The lowest BCUT2D eigenvalue weighted by molar-refractivity contribution is -0.116. The molecule has 0 saturated heterocycles. The molecule has 94 valence electrons. The van der Waals surface area contributed by atoms with Crippen molar-refractivity contribution in [3.63, 3.8) is 0 Å². The third kappa shape index (κ3) is 4.95. The Morgan fingerprint density at radius 1 is 1.35 bits per heavy atom. The number of unbranched alkanes of at least 4 members (excludes halogenated alkanes) is 2. The van der Waals surface area contributed by atoms with Crippen LogP contribution in [0.1, 0.15) is 31.2 Å². The first-order chi connectivity index (χ1) is 8.13. The summed E-state index contributed by atoms with van der Waals surface area (Å²) in [7, 11) is 0. The van der Waals surface area contributed by atoms with Crippen LogP contribution in [-0.4, -0.2) is 12.5 Å². The Balaban J connectivity index is 2.42. The maximum atomic E-state index is 13.3. The van der Waals surface area contributed by atoms with Crippen molar-refractivity contribution in [3.8, 4) is 0 Å². The summed E-state index contributed by atoms with van der Waals surface area (Å²) in [5, 5.41) is 2.58. The number of carbonyl (C=O) groups is 1. The highest BCUT2D eigenvalue weighted by Gasteiger charge is 2.06. The van der Waals surface area contributed by atoms with E-state index in [9.17, 15) is 9.18 Å². The summed E-state index contributed by atoms with van der Waals surface area (Å²) < 4.78 is 13.3. The number of nitrogens with one attached hydrogen (secondary N) is 1. The van der Waals surface area contributed by atoms with Gasteiger partial charge < -0.3 is 11.1 Å². The molecule has 1 rings (SSSR count). The SMILES string of the molecule is Cc1ccc(F)c(NC(=O)CCCCCN)c1. The minimum atomic E-state index is -0.397. The molecule has 17 heavy (non-hydrogen) atoms. The van der Waals surface area contributed by atoms with Crippen LogP contribution in [0.5, 0.6) is 0 Å². The van der Waals surface area contributed by atoms with E-state index in [2.05, 4.69) is 5.32 Å². The average Bonchev–Trinajstić information content (AvgIpc) is 2.29. The topological polar surface area (TPSA) is 55.1 Å². The highest BCUT2D eigenvalue weighted by atomic mass is 19.1. The van der Waals surface area contributed by atoms with E-state index >= 15 is 0 Å². The van der Waals surface area contributed by atoms with E-state index in [0.29, 0.717) is 13.0 Å². The molecular formula is C13H19FN2O. The smallest absolute Gasteiger partial charge is 0.224 e. The van der Waals surface area contributed by atoms with Crippen LogP contribution in [0.2, 0.25) is 0 Å². The molecule has 1 aromatic carbocycles. The van der Waals surface area contributed by atoms with Crippen LogP contribution < -0.4 is 11.1 Å². The van der Waals surface area contributed by atoms with Crippen LogP contribution in [0.15, 0.2) is 18.2 Å².